The van der Waals surface area contributed by atoms with E-state index in [0.717, 1.165) is 37.0 Å². The maximum absolute atomic E-state index is 13.5. The van der Waals surface area contributed by atoms with Crippen molar-refractivity contribution in [2.75, 3.05) is 15.5 Å². The highest BCUT2D eigenvalue weighted by atomic mass is 19.4. The Morgan fingerprint density at radius 2 is 1.81 bits per heavy atom. The lowest BCUT2D eigenvalue weighted by molar-refractivity contribution is -0.137. The van der Waals surface area contributed by atoms with Crippen LogP contribution in [0.4, 0.5) is 35.0 Å². The Morgan fingerprint density at radius 3 is 2.57 bits per heavy atom. The van der Waals surface area contributed by atoms with Crippen LogP contribution in [0.25, 0.3) is 5.65 Å². The molecule has 12 heteroatoms. The van der Waals surface area contributed by atoms with Gasteiger partial charge in [-0.3, -0.25) is 4.79 Å². The van der Waals surface area contributed by atoms with Gasteiger partial charge in [-0.1, -0.05) is 6.07 Å². The Hall–Kier alpha value is -4.22. The quantitative estimate of drug-likeness (QED) is 0.371. The molecule has 0 unspecified atom stereocenters. The molecule has 0 bridgehead atoms. The molecule has 8 nitrogen and oxygen atoms in total. The number of anilines is 3. The number of aromatic nitrogens is 4. The Bertz CT molecular complexity index is 1480. The van der Waals surface area contributed by atoms with Crippen LogP contribution >= 0.6 is 0 Å². The largest absolute Gasteiger partial charge is 0.416 e. The molecule has 1 saturated carbocycles. The van der Waals surface area contributed by atoms with E-state index in [4.69, 9.17) is 0 Å². The van der Waals surface area contributed by atoms with E-state index in [1.807, 2.05) is 0 Å². The highest BCUT2D eigenvalue weighted by molar-refractivity contribution is 6.09. The number of nitrogens with one attached hydrogen (secondary N) is 2. The summed E-state index contributed by atoms with van der Waals surface area (Å²) in [5, 5.41) is 10.8. The number of fused-ring (bicyclic) bond motifs is 2. The highest BCUT2D eigenvalue weighted by Gasteiger charge is 2.32. The van der Waals surface area contributed by atoms with Crippen molar-refractivity contribution in [2.24, 2.45) is 0 Å². The number of pyridine rings is 2. The van der Waals surface area contributed by atoms with Gasteiger partial charge < -0.3 is 15.5 Å². The molecule has 1 fully saturated rings. The molecule has 1 aliphatic heterocycles. The van der Waals surface area contributed by atoms with Gasteiger partial charge in [0.15, 0.2) is 5.65 Å². The first-order valence-corrected chi connectivity index (χ1v) is 11.8. The molecule has 0 saturated heterocycles. The molecule has 0 spiro atoms. The number of rotatable bonds is 5. The first-order chi connectivity index (χ1) is 17.7. The van der Waals surface area contributed by atoms with Crippen molar-refractivity contribution in [3.05, 3.63) is 77.4 Å². The van der Waals surface area contributed by atoms with Gasteiger partial charge in [0.25, 0.3) is 5.91 Å². The van der Waals surface area contributed by atoms with Crippen LogP contribution in [0, 0.1) is 5.82 Å². The zero-order chi connectivity index (χ0) is 25.7. The average molecular weight is 511 g/mol. The Balaban J connectivity index is 1.06. The SMILES string of the molecule is O=C1c2cc(F)ccc2CN1c1ccc(N[C@H]2CC[C@H](Nc3nc4cc(C(F)(F)F)ccn4n3)C2)nc1. The summed E-state index contributed by atoms with van der Waals surface area (Å²) in [4.78, 5) is 22.9. The Labute approximate surface area is 208 Å². The van der Waals surface area contributed by atoms with Crippen molar-refractivity contribution in [3.63, 3.8) is 0 Å². The summed E-state index contributed by atoms with van der Waals surface area (Å²) in [6.07, 6.45) is 0.860. The van der Waals surface area contributed by atoms with Crippen molar-refractivity contribution in [3.8, 4) is 0 Å². The van der Waals surface area contributed by atoms with Crippen molar-refractivity contribution < 1.29 is 22.4 Å². The standard InChI is InChI=1S/C25H21F4N7O/c26-16-2-1-14-13-35(23(37)20(14)10-16)19-5-6-21(30-12-19)31-17-3-4-18(11-17)32-24-33-22-9-15(25(27,28)29)7-8-36(22)34-24/h1-2,5-10,12,17-18H,3-4,11,13H2,(H,30,31)(H,32,34)/t17-,18-/m0/s1. The second kappa shape index (κ2) is 8.71. The predicted octanol–water partition coefficient (Wildman–Crippen LogP) is 4.89. The lowest BCUT2D eigenvalue weighted by Crippen LogP contribution is -2.24. The summed E-state index contributed by atoms with van der Waals surface area (Å²) < 4.78 is 53.7. The van der Waals surface area contributed by atoms with E-state index in [0.29, 0.717) is 23.6 Å². The summed E-state index contributed by atoms with van der Waals surface area (Å²) in [6, 6.07) is 9.95. The molecule has 6 rings (SSSR count). The minimum atomic E-state index is -4.44. The zero-order valence-electron chi connectivity index (χ0n) is 19.3. The lowest BCUT2D eigenvalue weighted by Gasteiger charge is -2.17. The minimum Gasteiger partial charge on any atom is -0.367 e. The van der Waals surface area contributed by atoms with E-state index in [1.165, 1.54) is 22.8 Å². The fraction of sp³-hybridized carbons (Fsp3) is 0.280. The first kappa shape index (κ1) is 23.2. The number of benzene rings is 1. The van der Waals surface area contributed by atoms with E-state index in [2.05, 4.69) is 25.7 Å². The molecule has 1 aliphatic carbocycles. The number of hydrogen-bond acceptors (Lipinski definition) is 6. The maximum Gasteiger partial charge on any atom is 0.416 e. The van der Waals surface area contributed by atoms with E-state index in [1.54, 1.807) is 29.3 Å². The van der Waals surface area contributed by atoms with Gasteiger partial charge >= 0.3 is 6.18 Å². The van der Waals surface area contributed by atoms with E-state index < -0.39 is 17.6 Å². The fourth-order valence-corrected chi connectivity index (χ4v) is 4.87. The molecule has 1 aromatic carbocycles. The van der Waals surface area contributed by atoms with Gasteiger partial charge in [-0.05, 0) is 61.2 Å². The number of carbonyl (C=O) groups is 1. The van der Waals surface area contributed by atoms with Gasteiger partial charge in [-0.15, -0.1) is 5.10 Å². The van der Waals surface area contributed by atoms with Gasteiger partial charge in [-0.2, -0.15) is 18.2 Å². The molecule has 37 heavy (non-hydrogen) atoms. The van der Waals surface area contributed by atoms with Crippen molar-refractivity contribution in [1.82, 2.24) is 19.6 Å². The Kier molecular flexibility index (Phi) is 5.46. The van der Waals surface area contributed by atoms with Gasteiger partial charge in [0.05, 0.1) is 24.0 Å². The first-order valence-electron chi connectivity index (χ1n) is 11.8. The number of nitrogens with zero attached hydrogens (tertiary/aromatic N) is 5. The van der Waals surface area contributed by atoms with Crippen LogP contribution in [-0.4, -0.2) is 37.6 Å². The fourth-order valence-electron chi connectivity index (χ4n) is 4.87. The number of amides is 1. The molecule has 2 N–H and O–H groups in total. The topological polar surface area (TPSA) is 87.5 Å². The smallest absolute Gasteiger partial charge is 0.367 e. The van der Waals surface area contributed by atoms with Crippen LogP contribution in [-0.2, 0) is 12.7 Å². The summed E-state index contributed by atoms with van der Waals surface area (Å²) in [7, 11) is 0. The third kappa shape index (κ3) is 4.54. The second-order valence-corrected chi connectivity index (χ2v) is 9.24. The third-order valence-electron chi connectivity index (χ3n) is 6.72. The van der Waals surface area contributed by atoms with Crippen LogP contribution in [0.5, 0.6) is 0 Å². The van der Waals surface area contributed by atoms with Gasteiger partial charge in [0.2, 0.25) is 5.95 Å². The molecular weight excluding hydrogens is 490 g/mol. The van der Waals surface area contributed by atoms with Crippen LogP contribution in [0.2, 0.25) is 0 Å². The van der Waals surface area contributed by atoms with E-state index >= 15 is 0 Å². The summed E-state index contributed by atoms with van der Waals surface area (Å²) in [5.41, 5.74) is 1.13. The molecular formula is C25H21F4N7O. The van der Waals surface area contributed by atoms with Gasteiger partial charge in [0.1, 0.15) is 11.6 Å². The number of hydrogen-bond donors (Lipinski definition) is 2. The van der Waals surface area contributed by atoms with Crippen LogP contribution < -0.4 is 15.5 Å². The average Bonchev–Trinajstić information content (AvgIpc) is 3.56. The van der Waals surface area contributed by atoms with Crippen molar-refractivity contribution in [2.45, 2.75) is 44.1 Å². The molecule has 190 valence electrons. The molecule has 3 aromatic heterocycles. The number of carbonyl (C=O) groups excluding carboxylic acids is 1. The summed E-state index contributed by atoms with van der Waals surface area (Å²) >= 11 is 0. The zero-order valence-corrected chi connectivity index (χ0v) is 19.3. The van der Waals surface area contributed by atoms with E-state index in [-0.39, 0.29) is 29.6 Å². The van der Waals surface area contributed by atoms with Crippen LogP contribution in [0.15, 0.2) is 54.9 Å². The molecule has 2 aliphatic rings. The minimum absolute atomic E-state index is 0.0531. The highest BCUT2D eigenvalue weighted by Crippen LogP contribution is 2.31. The maximum atomic E-state index is 13.5. The van der Waals surface area contributed by atoms with Gasteiger partial charge in [-0.25, -0.2) is 13.9 Å². The monoisotopic (exact) mass is 511 g/mol. The van der Waals surface area contributed by atoms with Crippen molar-refractivity contribution in [1.29, 1.82) is 0 Å². The summed E-state index contributed by atoms with van der Waals surface area (Å²) in [5.74, 6) is 0.249. The molecule has 0 radical (unpaired) electrons. The lowest BCUT2D eigenvalue weighted by atomic mass is 10.1. The molecule has 1 amide bonds. The van der Waals surface area contributed by atoms with Crippen molar-refractivity contribution >= 4 is 29.0 Å². The number of halogens is 4. The molecule has 4 heterocycles. The van der Waals surface area contributed by atoms with Crippen LogP contribution in [0.1, 0.15) is 40.7 Å². The summed E-state index contributed by atoms with van der Waals surface area (Å²) in [6.45, 7) is 0.369. The normalized spacial score (nSPS) is 19.5. The second-order valence-electron chi connectivity index (χ2n) is 9.24. The van der Waals surface area contributed by atoms with Gasteiger partial charge in [0, 0.05) is 23.8 Å². The number of alkyl halides is 3. The predicted molar refractivity (Wildman–Crippen MR) is 128 cm³/mol. The molecule has 4 aromatic rings. The third-order valence-corrected chi connectivity index (χ3v) is 6.72. The van der Waals surface area contributed by atoms with E-state index in [9.17, 15) is 22.4 Å². The Morgan fingerprint density at radius 1 is 1.00 bits per heavy atom. The van der Waals surface area contributed by atoms with Crippen LogP contribution in [0.3, 0.4) is 0 Å². The molecule has 2 atom stereocenters.